The average Bonchev–Trinajstić information content (AvgIpc) is 2.88. The highest BCUT2D eigenvalue weighted by Gasteiger charge is 2.05. The maximum Gasteiger partial charge on any atom is 0.193 e. The Kier molecular flexibility index (Phi) is 4.28. The first-order valence-electron chi connectivity index (χ1n) is 7.42. The second-order valence-electron chi connectivity index (χ2n) is 5.36. The van der Waals surface area contributed by atoms with Crippen LogP contribution in [0.2, 0.25) is 0 Å². The molecule has 0 aliphatic rings. The van der Waals surface area contributed by atoms with Gasteiger partial charge in [0.2, 0.25) is 0 Å². The number of pyridine rings is 1. The molecule has 0 spiro atoms. The Labute approximate surface area is 133 Å². The molecule has 3 aromatic rings. The van der Waals surface area contributed by atoms with Crippen LogP contribution in [0, 0.1) is 5.82 Å². The summed E-state index contributed by atoms with van der Waals surface area (Å²) in [4.78, 5) is 4.40. The Hall–Kier alpha value is -2.82. The molecule has 0 aliphatic heterocycles. The normalized spacial score (nSPS) is 10.8. The van der Waals surface area contributed by atoms with Gasteiger partial charge in [0.05, 0.1) is 5.69 Å². The first kappa shape index (κ1) is 15.1. The number of benzene rings is 1. The predicted octanol–water partition coefficient (Wildman–Crippen LogP) is 3.73. The van der Waals surface area contributed by atoms with Gasteiger partial charge in [-0.3, -0.25) is 9.55 Å². The average molecular weight is 312 g/mol. The topological polar surface area (TPSA) is 58.3 Å². The van der Waals surface area contributed by atoms with Gasteiger partial charge in [-0.2, -0.15) is 0 Å². The van der Waals surface area contributed by atoms with Crippen molar-refractivity contribution >= 4 is 0 Å². The van der Waals surface area contributed by atoms with E-state index in [9.17, 15) is 14.6 Å². The zero-order chi connectivity index (χ0) is 16.2. The molecule has 2 aromatic heterocycles. The lowest BCUT2D eigenvalue weighted by atomic mass is 10.1. The van der Waals surface area contributed by atoms with Gasteiger partial charge in [-0.1, -0.05) is 6.07 Å². The lowest BCUT2D eigenvalue weighted by molar-refractivity contribution is 0.364. The summed E-state index contributed by atoms with van der Waals surface area (Å²) in [7, 11) is 0. The number of aryl methyl sites for hydroxylation is 1. The summed E-state index contributed by atoms with van der Waals surface area (Å²) in [5, 5.41) is 19.1. The summed E-state index contributed by atoms with van der Waals surface area (Å²) in [6.07, 6.45) is 3.36. The summed E-state index contributed by atoms with van der Waals surface area (Å²) in [5.74, 6) is -0.138. The molecule has 5 heteroatoms. The molecule has 0 bridgehead atoms. The minimum atomic E-state index is -0.262. The van der Waals surface area contributed by atoms with Crippen LogP contribution >= 0.6 is 0 Å². The Morgan fingerprint density at radius 2 is 1.61 bits per heavy atom. The van der Waals surface area contributed by atoms with E-state index in [0.29, 0.717) is 6.54 Å². The molecule has 1 aromatic carbocycles. The van der Waals surface area contributed by atoms with E-state index < -0.39 is 0 Å². The van der Waals surface area contributed by atoms with Crippen molar-refractivity contribution in [2.24, 2.45) is 0 Å². The zero-order valence-electron chi connectivity index (χ0n) is 12.5. The first-order chi connectivity index (χ1) is 11.1. The Morgan fingerprint density at radius 1 is 0.913 bits per heavy atom. The SMILES string of the molecule is Oc1ccc(O)n1CCCc1ccc(-c2ccc(F)cc2)nc1. The molecule has 0 saturated carbocycles. The Balaban J connectivity index is 1.60. The summed E-state index contributed by atoms with van der Waals surface area (Å²) >= 11 is 0. The van der Waals surface area contributed by atoms with Crippen LogP contribution in [0.1, 0.15) is 12.0 Å². The minimum absolute atomic E-state index is 0.0623. The molecule has 23 heavy (non-hydrogen) atoms. The largest absolute Gasteiger partial charge is 0.494 e. The first-order valence-corrected chi connectivity index (χ1v) is 7.42. The molecule has 0 atom stereocenters. The molecule has 0 saturated heterocycles. The fourth-order valence-electron chi connectivity index (χ4n) is 2.48. The van der Waals surface area contributed by atoms with Crippen molar-refractivity contribution in [2.75, 3.05) is 0 Å². The van der Waals surface area contributed by atoms with Gasteiger partial charge in [-0.05, 0) is 48.7 Å². The minimum Gasteiger partial charge on any atom is -0.494 e. The van der Waals surface area contributed by atoms with Crippen LogP contribution in [0.5, 0.6) is 11.8 Å². The molecular weight excluding hydrogens is 295 g/mol. The quantitative estimate of drug-likeness (QED) is 0.754. The molecule has 0 unspecified atom stereocenters. The van der Waals surface area contributed by atoms with Crippen LogP contribution in [-0.4, -0.2) is 19.8 Å². The van der Waals surface area contributed by atoms with E-state index in [1.165, 1.54) is 28.8 Å². The second-order valence-corrected chi connectivity index (χ2v) is 5.36. The second kappa shape index (κ2) is 6.52. The molecule has 2 heterocycles. The van der Waals surface area contributed by atoms with Crippen LogP contribution < -0.4 is 0 Å². The Morgan fingerprint density at radius 3 is 2.22 bits per heavy atom. The molecule has 0 fully saturated rings. The van der Waals surface area contributed by atoms with Crippen molar-refractivity contribution in [2.45, 2.75) is 19.4 Å². The van der Waals surface area contributed by atoms with Crippen LogP contribution in [0.4, 0.5) is 4.39 Å². The van der Waals surface area contributed by atoms with E-state index in [2.05, 4.69) is 4.98 Å². The van der Waals surface area contributed by atoms with E-state index in [1.54, 1.807) is 18.3 Å². The highest BCUT2D eigenvalue weighted by Crippen LogP contribution is 2.22. The van der Waals surface area contributed by atoms with E-state index in [0.717, 1.165) is 29.7 Å². The van der Waals surface area contributed by atoms with Gasteiger partial charge in [-0.25, -0.2) is 4.39 Å². The molecule has 0 radical (unpaired) electrons. The van der Waals surface area contributed by atoms with Crippen LogP contribution in [-0.2, 0) is 13.0 Å². The predicted molar refractivity (Wildman–Crippen MR) is 85.7 cm³/mol. The van der Waals surface area contributed by atoms with Gasteiger partial charge in [-0.15, -0.1) is 0 Å². The third kappa shape index (κ3) is 3.51. The molecule has 2 N–H and O–H groups in total. The van der Waals surface area contributed by atoms with Gasteiger partial charge in [0.15, 0.2) is 11.8 Å². The van der Waals surface area contributed by atoms with Gasteiger partial charge in [0.25, 0.3) is 0 Å². The number of aromatic hydroxyl groups is 2. The smallest absolute Gasteiger partial charge is 0.193 e. The van der Waals surface area contributed by atoms with Crippen LogP contribution in [0.25, 0.3) is 11.3 Å². The fourth-order valence-corrected chi connectivity index (χ4v) is 2.48. The Bertz CT molecular complexity index is 760. The summed E-state index contributed by atoms with van der Waals surface area (Å²) in [6.45, 7) is 0.532. The number of aromatic nitrogens is 2. The molecular formula is C18H17FN2O2. The van der Waals surface area contributed by atoms with Gasteiger partial charge in [0, 0.05) is 30.4 Å². The number of hydrogen-bond acceptors (Lipinski definition) is 3. The van der Waals surface area contributed by atoms with Crippen LogP contribution in [0.15, 0.2) is 54.7 Å². The van der Waals surface area contributed by atoms with E-state index in [-0.39, 0.29) is 17.6 Å². The van der Waals surface area contributed by atoms with Crippen molar-refractivity contribution in [1.82, 2.24) is 9.55 Å². The maximum atomic E-state index is 12.9. The van der Waals surface area contributed by atoms with Gasteiger partial charge >= 0.3 is 0 Å². The third-order valence-corrected chi connectivity index (χ3v) is 3.75. The third-order valence-electron chi connectivity index (χ3n) is 3.75. The van der Waals surface area contributed by atoms with Crippen molar-refractivity contribution in [3.8, 4) is 23.0 Å². The molecule has 0 amide bonds. The molecule has 4 nitrogen and oxygen atoms in total. The van der Waals surface area contributed by atoms with E-state index >= 15 is 0 Å². The number of rotatable bonds is 5. The highest BCUT2D eigenvalue weighted by molar-refractivity contribution is 5.58. The van der Waals surface area contributed by atoms with Crippen LogP contribution in [0.3, 0.4) is 0 Å². The molecule has 118 valence electrons. The monoisotopic (exact) mass is 312 g/mol. The van der Waals surface area contributed by atoms with Crippen molar-refractivity contribution in [3.63, 3.8) is 0 Å². The summed E-state index contributed by atoms with van der Waals surface area (Å²) in [5.41, 5.74) is 2.75. The van der Waals surface area contributed by atoms with Gasteiger partial charge in [0.1, 0.15) is 5.82 Å². The molecule has 0 aliphatic carbocycles. The lowest BCUT2D eigenvalue weighted by Crippen LogP contribution is -1.99. The van der Waals surface area contributed by atoms with E-state index in [4.69, 9.17) is 0 Å². The number of nitrogens with zero attached hydrogens (tertiary/aromatic N) is 2. The summed E-state index contributed by atoms with van der Waals surface area (Å²) in [6, 6.07) is 13.1. The van der Waals surface area contributed by atoms with E-state index in [1.807, 2.05) is 12.1 Å². The maximum absolute atomic E-state index is 12.9. The lowest BCUT2D eigenvalue weighted by Gasteiger charge is -2.07. The van der Waals surface area contributed by atoms with Gasteiger partial charge < -0.3 is 10.2 Å². The fraction of sp³-hybridized carbons (Fsp3) is 0.167. The standard InChI is InChI=1S/C18H17FN2O2/c19-15-6-4-14(5-7-15)16-8-3-13(12-20-16)2-1-11-21-17(22)9-10-18(21)23/h3-10,12,22-23H,1-2,11H2. The van der Waals surface area contributed by atoms with Crippen molar-refractivity contribution in [3.05, 3.63) is 66.1 Å². The molecule has 3 rings (SSSR count). The number of hydrogen-bond donors (Lipinski definition) is 2. The highest BCUT2D eigenvalue weighted by atomic mass is 19.1. The summed E-state index contributed by atoms with van der Waals surface area (Å²) < 4.78 is 14.4. The number of halogens is 1. The zero-order valence-corrected chi connectivity index (χ0v) is 12.5. The van der Waals surface area contributed by atoms with Crippen molar-refractivity contribution in [1.29, 1.82) is 0 Å². The van der Waals surface area contributed by atoms with Crippen molar-refractivity contribution < 1.29 is 14.6 Å².